The Morgan fingerprint density at radius 2 is 2.19 bits per heavy atom. The second kappa shape index (κ2) is 6.44. The van der Waals surface area contributed by atoms with Crippen molar-refractivity contribution in [3.05, 3.63) is 15.0 Å². The molecule has 0 bridgehead atoms. The molecule has 0 aromatic carbocycles. The lowest BCUT2D eigenvalue weighted by Crippen LogP contribution is -2.10. The van der Waals surface area contributed by atoms with Crippen LogP contribution in [0.3, 0.4) is 0 Å². The van der Waals surface area contributed by atoms with Crippen LogP contribution in [-0.2, 0) is 21.0 Å². The molecule has 1 aromatic heterocycles. The summed E-state index contributed by atoms with van der Waals surface area (Å²) in [5.74, 6) is -0.339. The second-order valence-corrected chi connectivity index (χ2v) is 4.19. The average Bonchev–Trinajstić information content (AvgIpc) is 2.43. The summed E-state index contributed by atoms with van der Waals surface area (Å²) in [5.41, 5.74) is 0. The minimum absolute atomic E-state index is 0.181. The zero-order valence-corrected chi connectivity index (χ0v) is 11.5. The van der Waals surface area contributed by atoms with E-state index in [9.17, 15) is 4.79 Å². The van der Waals surface area contributed by atoms with Gasteiger partial charge in [0, 0.05) is 6.92 Å². The number of hydrogen-bond acceptors (Lipinski definition) is 4. The molecule has 0 aliphatic carbocycles. The first-order valence-electron chi connectivity index (χ1n) is 4.30. The Labute approximate surface area is 111 Å². The van der Waals surface area contributed by atoms with Crippen molar-refractivity contribution in [1.82, 2.24) is 9.55 Å². The molecule has 1 heterocycles. The highest BCUT2D eigenvalue weighted by Gasteiger charge is 2.11. The molecule has 0 N–H and O–H groups in total. The third-order valence-electron chi connectivity index (χ3n) is 1.57. The number of ether oxygens (including phenoxy) is 2. The number of carbonyl (C=O) groups is 1. The van der Waals surface area contributed by atoms with E-state index in [0.29, 0.717) is 9.89 Å². The summed E-state index contributed by atoms with van der Waals surface area (Å²) in [6, 6.07) is 0. The van der Waals surface area contributed by atoms with Crippen LogP contribution < -0.4 is 0 Å². The van der Waals surface area contributed by atoms with Gasteiger partial charge >= 0.3 is 5.97 Å². The van der Waals surface area contributed by atoms with Gasteiger partial charge in [-0.3, -0.25) is 9.36 Å². The fourth-order valence-corrected chi connectivity index (χ4v) is 1.90. The van der Waals surface area contributed by atoms with Crippen molar-refractivity contribution in [3.8, 4) is 0 Å². The minimum atomic E-state index is -0.339. The normalized spacial score (nSPS) is 10.5. The zero-order chi connectivity index (χ0) is 12.1. The maximum absolute atomic E-state index is 10.4. The van der Waals surface area contributed by atoms with Gasteiger partial charge in [-0.2, -0.15) is 0 Å². The molecular formula is C8H9BrCl2N2O3. The Balaban J connectivity index is 2.34. The van der Waals surface area contributed by atoms with Gasteiger partial charge in [0.15, 0.2) is 15.0 Å². The predicted molar refractivity (Wildman–Crippen MR) is 62.5 cm³/mol. The lowest BCUT2D eigenvalue weighted by atomic mass is 10.7. The fraction of sp³-hybridized carbons (Fsp3) is 0.500. The molecule has 0 unspecified atom stereocenters. The number of rotatable bonds is 5. The summed E-state index contributed by atoms with van der Waals surface area (Å²) in [7, 11) is 0. The SMILES string of the molecule is CC(=O)OCCOCn1c(Br)nc(Cl)c1Cl. The van der Waals surface area contributed by atoms with Crippen molar-refractivity contribution in [3.63, 3.8) is 0 Å². The molecule has 8 heteroatoms. The first kappa shape index (κ1) is 13.8. The molecule has 0 aliphatic heterocycles. The molecule has 90 valence electrons. The summed E-state index contributed by atoms with van der Waals surface area (Å²) < 4.78 is 11.9. The van der Waals surface area contributed by atoms with Crippen LogP contribution in [-0.4, -0.2) is 28.7 Å². The van der Waals surface area contributed by atoms with Crippen molar-refractivity contribution in [1.29, 1.82) is 0 Å². The number of imidazole rings is 1. The molecule has 1 aromatic rings. The van der Waals surface area contributed by atoms with Crippen LogP contribution in [0.25, 0.3) is 0 Å². The molecule has 0 saturated heterocycles. The highest BCUT2D eigenvalue weighted by Crippen LogP contribution is 2.25. The number of aromatic nitrogens is 2. The number of hydrogen-bond donors (Lipinski definition) is 0. The molecular weight excluding hydrogens is 323 g/mol. The summed E-state index contributed by atoms with van der Waals surface area (Å²) in [6.07, 6.45) is 0. The van der Waals surface area contributed by atoms with Crippen molar-refractivity contribution in [2.45, 2.75) is 13.7 Å². The lowest BCUT2D eigenvalue weighted by Gasteiger charge is -2.07. The van der Waals surface area contributed by atoms with Gasteiger partial charge in [0.05, 0.1) is 6.61 Å². The summed E-state index contributed by atoms with van der Waals surface area (Å²) in [6.45, 7) is 1.99. The molecule has 0 radical (unpaired) electrons. The molecule has 0 aliphatic rings. The molecule has 0 spiro atoms. The topological polar surface area (TPSA) is 53.4 Å². The third kappa shape index (κ3) is 3.93. The monoisotopic (exact) mass is 330 g/mol. The van der Waals surface area contributed by atoms with E-state index in [1.807, 2.05) is 0 Å². The van der Waals surface area contributed by atoms with Crippen LogP contribution in [0.1, 0.15) is 6.92 Å². The zero-order valence-electron chi connectivity index (χ0n) is 8.37. The molecule has 5 nitrogen and oxygen atoms in total. The van der Waals surface area contributed by atoms with Gasteiger partial charge in [-0.25, -0.2) is 4.98 Å². The Bertz CT molecular complexity index is 384. The predicted octanol–water partition coefficient (Wildman–Crippen LogP) is 2.49. The molecule has 0 atom stereocenters. The van der Waals surface area contributed by atoms with E-state index < -0.39 is 0 Å². The van der Waals surface area contributed by atoms with Crippen molar-refractivity contribution in [2.24, 2.45) is 0 Å². The number of halogens is 3. The first-order valence-corrected chi connectivity index (χ1v) is 5.85. The van der Waals surface area contributed by atoms with Crippen LogP contribution in [0, 0.1) is 0 Å². The highest BCUT2D eigenvalue weighted by atomic mass is 79.9. The maximum atomic E-state index is 10.4. The Morgan fingerprint density at radius 1 is 1.50 bits per heavy atom. The Kier molecular flexibility index (Phi) is 5.54. The van der Waals surface area contributed by atoms with Crippen LogP contribution in [0.15, 0.2) is 4.73 Å². The van der Waals surface area contributed by atoms with E-state index in [2.05, 4.69) is 25.7 Å². The molecule has 0 saturated carbocycles. The van der Waals surface area contributed by atoms with Gasteiger partial charge in [-0.15, -0.1) is 0 Å². The summed E-state index contributed by atoms with van der Waals surface area (Å²) >= 11 is 14.7. The van der Waals surface area contributed by atoms with Gasteiger partial charge in [0.1, 0.15) is 13.3 Å². The van der Waals surface area contributed by atoms with Crippen LogP contribution in [0.4, 0.5) is 0 Å². The summed E-state index contributed by atoms with van der Waals surface area (Å²) in [4.78, 5) is 14.3. The fourth-order valence-electron chi connectivity index (χ4n) is 0.890. The first-order chi connectivity index (χ1) is 7.52. The van der Waals surface area contributed by atoms with Gasteiger partial charge in [-0.1, -0.05) is 23.2 Å². The largest absolute Gasteiger partial charge is 0.463 e. The maximum Gasteiger partial charge on any atom is 0.302 e. The Morgan fingerprint density at radius 3 is 2.69 bits per heavy atom. The van der Waals surface area contributed by atoms with Gasteiger partial charge < -0.3 is 9.47 Å². The van der Waals surface area contributed by atoms with Crippen LogP contribution in [0.2, 0.25) is 10.3 Å². The van der Waals surface area contributed by atoms with Crippen molar-refractivity contribution < 1.29 is 14.3 Å². The Hall–Kier alpha value is -0.300. The third-order valence-corrected chi connectivity index (χ3v) is 2.92. The smallest absolute Gasteiger partial charge is 0.302 e. The minimum Gasteiger partial charge on any atom is -0.463 e. The van der Waals surface area contributed by atoms with E-state index in [0.717, 1.165) is 0 Å². The van der Waals surface area contributed by atoms with E-state index in [4.69, 9.17) is 27.9 Å². The van der Waals surface area contributed by atoms with Crippen LogP contribution in [0.5, 0.6) is 0 Å². The van der Waals surface area contributed by atoms with E-state index in [-0.39, 0.29) is 31.1 Å². The van der Waals surface area contributed by atoms with Gasteiger partial charge in [-0.05, 0) is 15.9 Å². The van der Waals surface area contributed by atoms with Gasteiger partial charge in [0.25, 0.3) is 0 Å². The standard InChI is InChI=1S/C8H9BrCl2N2O3/c1-5(14)16-3-2-15-4-13-7(11)6(10)12-8(13)9/h2-4H2,1H3. The molecule has 0 fully saturated rings. The quantitative estimate of drug-likeness (QED) is 0.614. The summed E-state index contributed by atoms with van der Waals surface area (Å²) in [5, 5.41) is 0.498. The number of nitrogens with zero attached hydrogens (tertiary/aromatic N) is 2. The van der Waals surface area contributed by atoms with E-state index >= 15 is 0 Å². The molecule has 1 rings (SSSR count). The lowest BCUT2D eigenvalue weighted by molar-refractivity contribution is -0.142. The second-order valence-electron chi connectivity index (χ2n) is 2.77. The van der Waals surface area contributed by atoms with E-state index in [1.54, 1.807) is 0 Å². The molecule has 0 amide bonds. The van der Waals surface area contributed by atoms with Crippen LogP contribution >= 0.6 is 39.1 Å². The van der Waals surface area contributed by atoms with Crippen molar-refractivity contribution >= 4 is 45.1 Å². The average molecular weight is 332 g/mol. The molecule has 16 heavy (non-hydrogen) atoms. The number of carbonyl (C=O) groups excluding carboxylic acids is 1. The number of esters is 1. The highest BCUT2D eigenvalue weighted by molar-refractivity contribution is 9.10. The van der Waals surface area contributed by atoms with Gasteiger partial charge in [0.2, 0.25) is 0 Å². The van der Waals surface area contributed by atoms with E-state index in [1.165, 1.54) is 11.5 Å². The van der Waals surface area contributed by atoms with Crippen molar-refractivity contribution in [2.75, 3.05) is 13.2 Å².